The molecule has 0 aromatic heterocycles. The molecule has 0 saturated carbocycles. The van der Waals surface area contributed by atoms with Crippen LogP contribution in [0.2, 0.25) is 0 Å². The molecule has 0 unspecified atom stereocenters. The van der Waals surface area contributed by atoms with E-state index >= 15 is 0 Å². The van der Waals surface area contributed by atoms with Gasteiger partial charge in [0.15, 0.2) is 0 Å². The normalized spacial score (nSPS) is 29.4. The molecule has 0 radical (unpaired) electrons. The standard InChI is InChI=1S/C27H28N2O/c1-2-19-14-21-15-22(18-30)26-27(12-13-28(16-19)25(21)27)23-10-6-7-11-24(23)29(26)17-20-8-4-3-5-9-20/h3-11,14,18,21,25H,2,12-13,15-17H2,1H3/t21-,25-,27+/m0/s1. The lowest BCUT2D eigenvalue weighted by Crippen LogP contribution is -2.53. The summed E-state index contributed by atoms with van der Waals surface area (Å²) < 4.78 is 0. The molecular weight excluding hydrogens is 368 g/mol. The van der Waals surface area contributed by atoms with Crippen LogP contribution in [0, 0.1) is 5.92 Å². The molecule has 3 heteroatoms. The lowest BCUT2D eigenvalue weighted by atomic mass is 9.62. The van der Waals surface area contributed by atoms with E-state index in [1.165, 1.54) is 28.1 Å². The largest absolute Gasteiger partial charge is 0.339 e. The minimum absolute atomic E-state index is 0.0553. The van der Waals surface area contributed by atoms with E-state index in [9.17, 15) is 4.79 Å². The van der Waals surface area contributed by atoms with Crippen molar-refractivity contribution in [1.82, 2.24) is 4.90 Å². The van der Waals surface area contributed by atoms with E-state index in [2.05, 4.69) is 77.4 Å². The summed E-state index contributed by atoms with van der Waals surface area (Å²) >= 11 is 0. The lowest BCUT2D eigenvalue weighted by molar-refractivity contribution is -0.105. The van der Waals surface area contributed by atoms with E-state index in [1.807, 2.05) is 0 Å². The predicted octanol–water partition coefficient (Wildman–Crippen LogP) is 4.84. The summed E-state index contributed by atoms with van der Waals surface area (Å²) in [5.74, 6) is 0.435. The molecule has 152 valence electrons. The highest BCUT2D eigenvalue weighted by molar-refractivity contribution is 5.84. The Morgan fingerprint density at radius 1 is 1.10 bits per heavy atom. The summed E-state index contributed by atoms with van der Waals surface area (Å²) in [6.45, 7) is 5.28. The Hall–Kier alpha value is -2.65. The van der Waals surface area contributed by atoms with Gasteiger partial charge in [0.25, 0.3) is 0 Å². The molecule has 2 aromatic carbocycles. The van der Waals surface area contributed by atoms with Gasteiger partial charge in [0.1, 0.15) is 6.29 Å². The fourth-order valence-corrected chi connectivity index (χ4v) is 6.81. The van der Waals surface area contributed by atoms with Crippen LogP contribution in [0.3, 0.4) is 0 Å². The third-order valence-corrected chi connectivity index (χ3v) is 7.86. The fraction of sp³-hybridized carbons (Fsp3) is 0.370. The Kier molecular flexibility index (Phi) is 4.04. The summed E-state index contributed by atoms with van der Waals surface area (Å²) in [5.41, 5.74) is 7.80. The minimum Gasteiger partial charge on any atom is -0.339 e. The smallest absolute Gasteiger partial charge is 0.147 e. The molecule has 3 atom stereocenters. The number of para-hydroxylation sites is 1. The SMILES string of the molecule is CCC1=C[C@H]2CC(C=O)=C3N(Cc4ccccc4)c4ccccc4[C@@]34CCN(C1)[C@@H]24. The zero-order valence-electron chi connectivity index (χ0n) is 17.6. The topological polar surface area (TPSA) is 23.6 Å². The number of anilines is 1. The Bertz CT molecular complexity index is 1070. The number of hydrogen-bond donors (Lipinski definition) is 0. The predicted molar refractivity (Wildman–Crippen MR) is 120 cm³/mol. The molecule has 0 bridgehead atoms. The van der Waals surface area contributed by atoms with Crippen LogP contribution in [-0.2, 0) is 16.8 Å². The maximum absolute atomic E-state index is 12.4. The van der Waals surface area contributed by atoms with E-state index < -0.39 is 0 Å². The van der Waals surface area contributed by atoms with E-state index in [-0.39, 0.29) is 5.41 Å². The third kappa shape index (κ3) is 2.33. The number of carbonyl (C=O) groups is 1. The molecule has 30 heavy (non-hydrogen) atoms. The Morgan fingerprint density at radius 3 is 2.70 bits per heavy atom. The van der Waals surface area contributed by atoms with Crippen molar-refractivity contribution in [3.8, 4) is 0 Å². The van der Waals surface area contributed by atoms with Gasteiger partial charge in [0, 0.05) is 42.6 Å². The van der Waals surface area contributed by atoms with E-state index in [0.717, 1.165) is 50.8 Å². The molecule has 4 aliphatic rings. The van der Waals surface area contributed by atoms with Gasteiger partial charge in [-0.05, 0) is 42.4 Å². The number of hydrogen-bond acceptors (Lipinski definition) is 3. The van der Waals surface area contributed by atoms with Crippen LogP contribution in [0.25, 0.3) is 0 Å². The highest BCUT2D eigenvalue weighted by Crippen LogP contribution is 2.62. The number of carbonyl (C=O) groups excluding carboxylic acids is 1. The number of nitrogens with zero attached hydrogens (tertiary/aromatic N) is 2. The minimum atomic E-state index is -0.0553. The second-order valence-corrected chi connectivity index (χ2v) is 9.26. The highest BCUT2D eigenvalue weighted by Gasteiger charge is 2.62. The van der Waals surface area contributed by atoms with Gasteiger partial charge >= 0.3 is 0 Å². The number of aldehydes is 1. The van der Waals surface area contributed by atoms with Gasteiger partial charge in [-0.25, -0.2) is 0 Å². The molecule has 0 N–H and O–H groups in total. The van der Waals surface area contributed by atoms with Crippen LogP contribution in [0.5, 0.6) is 0 Å². The van der Waals surface area contributed by atoms with Crippen molar-refractivity contribution >= 4 is 12.0 Å². The summed E-state index contributed by atoms with van der Waals surface area (Å²) in [6, 6.07) is 20.0. The molecular formula is C27H28N2O. The molecule has 3 nitrogen and oxygen atoms in total. The van der Waals surface area contributed by atoms with E-state index in [4.69, 9.17) is 0 Å². The second-order valence-electron chi connectivity index (χ2n) is 9.26. The summed E-state index contributed by atoms with van der Waals surface area (Å²) in [6.07, 6.45) is 6.75. The number of fused-ring (bicyclic) bond motifs is 1. The molecule has 3 aliphatic heterocycles. The maximum Gasteiger partial charge on any atom is 0.147 e. The van der Waals surface area contributed by atoms with Crippen LogP contribution in [0.4, 0.5) is 5.69 Å². The molecule has 1 saturated heterocycles. The first-order valence-corrected chi connectivity index (χ1v) is 11.3. The van der Waals surface area contributed by atoms with Crippen molar-refractivity contribution in [3.63, 3.8) is 0 Å². The lowest BCUT2D eigenvalue weighted by Gasteiger charge is -2.48. The van der Waals surface area contributed by atoms with Gasteiger partial charge in [0.2, 0.25) is 0 Å². The number of allylic oxidation sites excluding steroid dienone is 1. The highest BCUT2D eigenvalue weighted by atomic mass is 16.1. The van der Waals surface area contributed by atoms with Crippen molar-refractivity contribution in [2.75, 3.05) is 18.0 Å². The van der Waals surface area contributed by atoms with Crippen molar-refractivity contribution in [2.45, 2.75) is 44.2 Å². The van der Waals surface area contributed by atoms with Crippen LogP contribution in [0.1, 0.15) is 37.3 Å². The number of rotatable bonds is 4. The van der Waals surface area contributed by atoms with E-state index in [0.29, 0.717) is 12.0 Å². The van der Waals surface area contributed by atoms with Crippen LogP contribution < -0.4 is 4.90 Å². The second kappa shape index (κ2) is 6.68. The fourth-order valence-electron chi connectivity index (χ4n) is 6.81. The van der Waals surface area contributed by atoms with Crippen molar-refractivity contribution in [1.29, 1.82) is 0 Å². The van der Waals surface area contributed by atoms with Crippen LogP contribution in [0.15, 0.2) is 77.5 Å². The first-order chi connectivity index (χ1) is 14.8. The molecule has 3 heterocycles. The molecule has 1 fully saturated rings. The zero-order valence-corrected chi connectivity index (χ0v) is 17.6. The monoisotopic (exact) mass is 396 g/mol. The average molecular weight is 397 g/mol. The first-order valence-electron chi connectivity index (χ1n) is 11.3. The Labute approximate surface area is 178 Å². The molecule has 0 amide bonds. The summed E-state index contributed by atoms with van der Waals surface area (Å²) in [5, 5.41) is 0. The average Bonchev–Trinajstić information content (AvgIpc) is 3.31. The van der Waals surface area contributed by atoms with Gasteiger partial charge in [-0.15, -0.1) is 0 Å². The Morgan fingerprint density at radius 2 is 1.90 bits per heavy atom. The van der Waals surface area contributed by atoms with Crippen LogP contribution >= 0.6 is 0 Å². The third-order valence-electron chi connectivity index (χ3n) is 7.86. The van der Waals surface area contributed by atoms with Crippen molar-refractivity contribution < 1.29 is 4.79 Å². The van der Waals surface area contributed by atoms with E-state index in [1.54, 1.807) is 0 Å². The van der Waals surface area contributed by atoms with Gasteiger partial charge in [-0.3, -0.25) is 9.69 Å². The zero-order chi connectivity index (χ0) is 20.3. The van der Waals surface area contributed by atoms with Gasteiger partial charge in [-0.2, -0.15) is 0 Å². The molecule has 1 spiro atoms. The van der Waals surface area contributed by atoms with Gasteiger partial charge < -0.3 is 4.90 Å². The molecule has 6 rings (SSSR count). The Balaban J connectivity index is 1.57. The number of benzene rings is 2. The molecule has 2 aromatic rings. The quantitative estimate of drug-likeness (QED) is 0.546. The summed E-state index contributed by atoms with van der Waals surface area (Å²) in [4.78, 5) is 17.6. The molecule has 1 aliphatic carbocycles. The summed E-state index contributed by atoms with van der Waals surface area (Å²) in [7, 11) is 0. The van der Waals surface area contributed by atoms with Gasteiger partial charge in [-0.1, -0.05) is 67.1 Å². The van der Waals surface area contributed by atoms with Crippen molar-refractivity contribution in [2.24, 2.45) is 5.92 Å². The van der Waals surface area contributed by atoms with Gasteiger partial charge in [0.05, 0.1) is 5.41 Å². The maximum atomic E-state index is 12.4. The van der Waals surface area contributed by atoms with Crippen molar-refractivity contribution in [3.05, 3.63) is 88.6 Å². The van der Waals surface area contributed by atoms with Crippen LogP contribution in [-0.4, -0.2) is 30.3 Å². The first kappa shape index (κ1) is 18.1.